The lowest BCUT2D eigenvalue weighted by molar-refractivity contribution is -0.0613. The van der Waals surface area contributed by atoms with E-state index in [1.54, 1.807) is 7.11 Å². The van der Waals surface area contributed by atoms with Gasteiger partial charge in [-0.3, -0.25) is 4.90 Å². The average Bonchev–Trinajstić information content (AvgIpc) is 3.30. The number of imidazole rings is 1. The van der Waals surface area contributed by atoms with Gasteiger partial charge in [0.2, 0.25) is 0 Å². The summed E-state index contributed by atoms with van der Waals surface area (Å²) in [6.45, 7) is 5.00. The molecule has 5 heteroatoms. The monoisotopic (exact) mass is 355 g/mol. The molecule has 3 atom stereocenters. The number of ether oxygens (including phenoxy) is 1. The highest BCUT2D eigenvalue weighted by atomic mass is 16.5. The van der Waals surface area contributed by atoms with Crippen LogP contribution in [0.4, 0.5) is 0 Å². The second-order valence-corrected chi connectivity index (χ2v) is 7.82. The van der Waals surface area contributed by atoms with Crippen molar-refractivity contribution in [1.29, 1.82) is 0 Å². The third kappa shape index (κ3) is 3.14. The number of aliphatic hydroxyl groups is 1. The molecule has 2 aromatic rings. The zero-order valence-electron chi connectivity index (χ0n) is 15.8. The summed E-state index contributed by atoms with van der Waals surface area (Å²) < 4.78 is 7.40. The molecule has 1 aromatic carbocycles. The number of methoxy groups -OCH3 is 1. The molecule has 1 aliphatic carbocycles. The molecule has 0 unspecified atom stereocenters. The number of hydrogen-bond acceptors (Lipinski definition) is 4. The largest absolute Gasteiger partial charge is 0.497 e. The number of rotatable bonds is 5. The standard InChI is InChI=1S/C21H29N3O2/c1-3-21(25)10-4-5-16-13-23(14-19(16)21)15-20-22-11-12-24(20)17-6-8-18(26-2)9-7-17/h6-9,11-12,16,19,25H,3-5,10,13-15H2,1-2H3/t16-,19+,21-/m1/s1. The molecule has 2 heterocycles. The van der Waals surface area contributed by atoms with Gasteiger partial charge in [-0.1, -0.05) is 13.3 Å². The molecule has 2 fully saturated rings. The van der Waals surface area contributed by atoms with E-state index >= 15 is 0 Å². The first-order valence-electron chi connectivity index (χ1n) is 9.74. The molecule has 5 nitrogen and oxygen atoms in total. The summed E-state index contributed by atoms with van der Waals surface area (Å²) in [5.74, 6) is 2.94. The van der Waals surface area contributed by atoms with Crippen LogP contribution in [-0.2, 0) is 6.54 Å². The fraction of sp³-hybridized carbons (Fsp3) is 0.571. The van der Waals surface area contributed by atoms with Crippen molar-refractivity contribution >= 4 is 0 Å². The Morgan fingerprint density at radius 1 is 1.27 bits per heavy atom. The Balaban J connectivity index is 1.50. The SMILES string of the molecule is CC[C@@]1(O)CCC[C@@H]2CN(Cc3nccn3-c3ccc(OC)cc3)C[C@@H]21. The van der Waals surface area contributed by atoms with Crippen molar-refractivity contribution < 1.29 is 9.84 Å². The van der Waals surface area contributed by atoms with E-state index in [1.165, 1.54) is 6.42 Å². The topological polar surface area (TPSA) is 50.5 Å². The van der Waals surface area contributed by atoms with Crippen molar-refractivity contribution in [3.63, 3.8) is 0 Å². The molecule has 140 valence electrons. The third-order valence-electron chi connectivity index (χ3n) is 6.44. The highest BCUT2D eigenvalue weighted by Gasteiger charge is 2.47. The molecule has 0 spiro atoms. The van der Waals surface area contributed by atoms with E-state index in [0.717, 1.165) is 56.2 Å². The molecule has 1 saturated carbocycles. The van der Waals surface area contributed by atoms with Gasteiger partial charge in [0, 0.05) is 37.1 Å². The molecule has 2 aliphatic rings. The maximum absolute atomic E-state index is 11.0. The van der Waals surface area contributed by atoms with E-state index in [0.29, 0.717) is 11.8 Å². The minimum atomic E-state index is -0.469. The van der Waals surface area contributed by atoms with Crippen LogP contribution in [0, 0.1) is 11.8 Å². The lowest BCUT2D eigenvalue weighted by atomic mass is 9.69. The van der Waals surface area contributed by atoms with Gasteiger partial charge >= 0.3 is 0 Å². The minimum absolute atomic E-state index is 0.408. The van der Waals surface area contributed by atoms with Gasteiger partial charge in [-0.15, -0.1) is 0 Å². The van der Waals surface area contributed by atoms with Gasteiger partial charge in [-0.25, -0.2) is 4.98 Å². The van der Waals surface area contributed by atoms with E-state index in [9.17, 15) is 5.11 Å². The Morgan fingerprint density at radius 2 is 2.08 bits per heavy atom. The summed E-state index contributed by atoms with van der Waals surface area (Å²) in [7, 11) is 1.68. The first-order valence-corrected chi connectivity index (χ1v) is 9.74. The summed E-state index contributed by atoms with van der Waals surface area (Å²) in [4.78, 5) is 7.08. The maximum atomic E-state index is 11.0. The van der Waals surface area contributed by atoms with Crippen LogP contribution < -0.4 is 4.74 Å². The first-order chi connectivity index (χ1) is 12.6. The van der Waals surface area contributed by atoms with Crippen LogP contribution in [0.5, 0.6) is 5.75 Å². The van der Waals surface area contributed by atoms with E-state index in [-0.39, 0.29) is 0 Å². The smallest absolute Gasteiger partial charge is 0.127 e. The van der Waals surface area contributed by atoms with Crippen LogP contribution in [0.25, 0.3) is 5.69 Å². The molecule has 26 heavy (non-hydrogen) atoms. The van der Waals surface area contributed by atoms with E-state index in [2.05, 4.69) is 33.5 Å². The molecule has 0 amide bonds. The number of nitrogens with zero attached hydrogens (tertiary/aromatic N) is 3. The molecule has 0 bridgehead atoms. The molecule has 1 saturated heterocycles. The highest BCUT2D eigenvalue weighted by Crippen LogP contribution is 2.44. The van der Waals surface area contributed by atoms with Gasteiger partial charge in [-0.05, 0) is 49.4 Å². The van der Waals surface area contributed by atoms with Crippen LogP contribution in [0.2, 0.25) is 0 Å². The highest BCUT2D eigenvalue weighted by molar-refractivity contribution is 5.38. The summed E-state index contributed by atoms with van der Waals surface area (Å²) in [5, 5.41) is 11.0. The lowest BCUT2D eigenvalue weighted by Gasteiger charge is -2.40. The fourth-order valence-electron chi connectivity index (χ4n) is 4.91. The Hall–Kier alpha value is -1.85. The van der Waals surface area contributed by atoms with Crippen molar-refractivity contribution in [2.45, 2.75) is 44.8 Å². The van der Waals surface area contributed by atoms with Crippen LogP contribution in [-0.4, -0.2) is 45.4 Å². The van der Waals surface area contributed by atoms with Crippen molar-refractivity contribution in [2.75, 3.05) is 20.2 Å². The van der Waals surface area contributed by atoms with Gasteiger partial charge in [0.05, 0.1) is 19.3 Å². The molecule has 1 N–H and O–H groups in total. The van der Waals surface area contributed by atoms with E-state index < -0.39 is 5.60 Å². The molecular formula is C21H29N3O2. The Kier molecular flexibility index (Phi) is 4.76. The predicted molar refractivity (Wildman–Crippen MR) is 101 cm³/mol. The zero-order valence-corrected chi connectivity index (χ0v) is 15.8. The average molecular weight is 355 g/mol. The van der Waals surface area contributed by atoms with Gasteiger partial charge in [0.25, 0.3) is 0 Å². The number of aromatic nitrogens is 2. The van der Waals surface area contributed by atoms with Crippen molar-refractivity contribution in [3.8, 4) is 11.4 Å². The normalized spacial score (nSPS) is 28.9. The minimum Gasteiger partial charge on any atom is -0.497 e. The first kappa shape index (κ1) is 17.6. The van der Waals surface area contributed by atoms with Crippen molar-refractivity contribution in [3.05, 3.63) is 42.5 Å². The third-order valence-corrected chi connectivity index (χ3v) is 6.44. The van der Waals surface area contributed by atoms with Gasteiger partial charge in [0.1, 0.15) is 11.6 Å². The fourth-order valence-corrected chi connectivity index (χ4v) is 4.91. The predicted octanol–water partition coefficient (Wildman–Crippen LogP) is 3.25. The quantitative estimate of drug-likeness (QED) is 0.894. The molecular weight excluding hydrogens is 326 g/mol. The summed E-state index contributed by atoms with van der Waals surface area (Å²) >= 11 is 0. The Labute approximate surface area is 155 Å². The summed E-state index contributed by atoms with van der Waals surface area (Å²) in [6.07, 6.45) is 8.10. The van der Waals surface area contributed by atoms with Crippen LogP contribution >= 0.6 is 0 Å². The number of likely N-dealkylation sites (tertiary alicyclic amines) is 1. The van der Waals surface area contributed by atoms with E-state index in [1.807, 2.05) is 24.5 Å². The molecule has 0 radical (unpaired) electrons. The molecule has 1 aliphatic heterocycles. The van der Waals surface area contributed by atoms with Gasteiger partial charge in [-0.2, -0.15) is 0 Å². The zero-order chi connectivity index (χ0) is 18.1. The van der Waals surface area contributed by atoms with Crippen LogP contribution in [0.15, 0.2) is 36.7 Å². The van der Waals surface area contributed by atoms with Crippen molar-refractivity contribution in [1.82, 2.24) is 14.5 Å². The number of benzene rings is 1. The maximum Gasteiger partial charge on any atom is 0.127 e. The lowest BCUT2D eigenvalue weighted by Crippen LogP contribution is -2.44. The number of hydrogen-bond donors (Lipinski definition) is 1. The number of fused-ring (bicyclic) bond motifs is 1. The van der Waals surface area contributed by atoms with Gasteiger partial charge < -0.3 is 14.4 Å². The molecule has 4 rings (SSSR count). The Bertz CT molecular complexity index is 742. The molecule has 1 aromatic heterocycles. The summed E-state index contributed by atoms with van der Waals surface area (Å²) in [5.41, 5.74) is 0.628. The second-order valence-electron chi connectivity index (χ2n) is 7.82. The second kappa shape index (κ2) is 7.05. The van der Waals surface area contributed by atoms with Crippen LogP contribution in [0.1, 0.15) is 38.4 Å². The summed E-state index contributed by atoms with van der Waals surface area (Å²) in [6, 6.07) is 8.07. The van der Waals surface area contributed by atoms with Crippen LogP contribution in [0.3, 0.4) is 0 Å². The Morgan fingerprint density at radius 3 is 2.81 bits per heavy atom. The van der Waals surface area contributed by atoms with Gasteiger partial charge in [0.15, 0.2) is 0 Å². The van der Waals surface area contributed by atoms with E-state index in [4.69, 9.17) is 4.74 Å². The van der Waals surface area contributed by atoms with Crippen molar-refractivity contribution in [2.24, 2.45) is 11.8 Å².